The molecule has 3 nitrogen and oxygen atoms in total. The second-order valence-electron chi connectivity index (χ2n) is 7.64. The zero-order valence-corrected chi connectivity index (χ0v) is 16.8. The first-order valence-corrected chi connectivity index (χ1v) is 12.0. The Hall–Kier alpha value is 0.387. The number of halogens is 2. The van der Waals surface area contributed by atoms with Crippen molar-refractivity contribution in [3.05, 3.63) is 0 Å². The van der Waals surface area contributed by atoms with Crippen LogP contribution >= 0.6 is 23.2 Å². The molecule has 0 aromatic carbocycles. The Balaban J connectivity index is 2.65. The molecule has 0 saturated carbocycles. The standard InChI is InChI=1S/C15H31Cl2N3Si/c1-11(18)12(2)19-14(3,16)15(4,17)20-13-7-9-21(5,6)10-8-13/h12-13,18-20H,7-10H2,1-6H3/t12?,14?,15-/m1/s1. The fraction of sp³-hybridized carbons (Fsp3) is 0.933. The van der Waals surface area contributed by atoms with Crippen LogP contribution in [0.3, 0.4) is 0 Å². The van der Waals surface area contributed by atoms with Crippen molar-refractivity contribution in [2.45, 2.75) is 87.8 Å². The molecule has 3 atom stereocenters. The van der Waals surface area contributed by atoms with Gasteiger partial charge in [-0.05, 0) is 40.5 Å². The van der Waals surface area contributed by atoms with Crippen molar-refractivity contribution in [1.29, 1.82) is 5.41 Å². The Morgan fingerprint density at radius 3 is 2.10 bits per heavy atom. The largest absolute Gasteiger partial charge is 0.308 e. The lowest BCUT2D eigenvalue weighted by Crippen LogP contribution is -2.64. The molecule has 1 fully saturated rings. The predicted molar refractivity (Wildman–Crippen MR) is 97.8 cm³/mol. The van der Waals surface area contributed by atoms with E-state index in [9.17, 15) is 0 Å². The highest BCUT2D eigenvalue weighted by molar-refractivity contribution is 6.77. The van der Waals surface area contributed by atoms with Crippen LogP contribution in [0.5, 0.6) is 0 Å². The SMILES string of the molecule is CC(=N)C(C)NC(C)(Cl)[C@](C)(Cl)NC1CC[Si](C)(C)CC1. The minimum Gasteiger partial charge on any atom is -0.308 e. The van der Waals surface area contributed by atoms with E-state index in [1.165, 1.54) is 24.9 Å². The van der Waals surface area contributed by atoms with E-state index in [4.69, 9.17) is 28.6 Å². The number of hydrogen-bond donors (Lipinski definition) is 3. The van der Waals surface area contributed by atoms with E-state index in [1.54, 1.807) is 6.92 Å². The van der Waals surface area contributed by atoms with Crippen LogP contribution in [0, 0.1) is 5.41 Å². The second-order valence-corrected chi connectivity index (χ2v) is 14.5. The van der Waals surface area contributed by atoms with Gasteiger partial charge in [0.1, 0.15) is 10.00 Å². The lowest BCUT2D eigenvalue weighted by molar-refractivity contribution is 0.278. The Kier molecular flexibility index (Phi) is 6.36. The van der Waals surface area contributed by atoms with Crippen molar-refractivity contribution < 1.29 is 0 Å². The smallest absolute Gasteiger partial charge is 0.123 e. The molecule has 0 aromatic heterocycles. The fourth-order valence-electron chi connectivity index (χ4n) is 2.71. The topological polar surface area (TPSA) is 47.9 Å². The van der Waals surface area contributed by atoms with E-state index in [1.807, 2.05) is 20.8 Å². The first kappa shape index (κ1) is 19.4. The fourth-order valence-corrected chi connectivity index (χ4v) is 5.65. The number of nitrogens with one attached hydrogen (secondary N) is 3. The van der Waals surface area contributed by atoms with Gasteiger partial charge in [-0.2, -0.15) is 0 Å². The van der Waals surface area contributed by atoms with Gasteiger partial charge in [0.25, 0.3) is 0 Å². The molecule has 0 amide bonds. The van der Waals surface area contributed by atoms with Crippen molar-refractivity contribution in [2.75, 3.05) is 0 Å². The van der Waals surface area contributed by atoms with Gasteiger partial charge in [0.15, 0.2) is 0 Å². The molecule has 2 unspecified atom stereocenters. The van der Waals surface area contributed by atoms with Crippen LogP contribution in [-0.2, 0) is 0 Å². The van der Waals surface area contributed by atoms with E-state index >= 15 is 0 Å². The maximum atomic E-state index is 7.70. The van der Waals surface area contributed by atoms with Crippen molar-refractivity contribution in [1.82, 2.24) is 10.6 Å². The van der Waals surface area contributed by atoms with Gasteiger partial charge in [-0.25, -0.2) is 0 Å². The van der Waals surface area contributed by atoms with Crippen molar-refractivity contribution in [3.63, 3.8) is 0 Å². The molecular weight excluding hydrogens is 321 g/mol. The minimum absolute atomic E-state index is 0.0925. The third-order valence-corrected chi connectivity index (χ3v) is 9.19. The first-order chi connectivity index (χ1) is 9.36. The van der Waals surface area contributed by atoms with Crippen LogP contribution in [0.4, 0.5) is 0 Å². The molecule has 0 spiro atoms. The summed E-state index contributed by atoms with van der Waals surface area (Å²) in [5.74, 6) is 0. The lowest BCUT2D eigenvalue weighted by Gasteiger charge is -2.44. The summed E-state index contributed by atoms with van der Waals surface area (Å²) in [4.78, 5) is -1.58. The Bertz CT molecular complexity index is 373. The lowest BCUT2D eigenvalue weighted by atomic mass is 10.0. The highest BCUT2D eigenvalue weighted by atomic mass is 35.5. The van der Waals surface area contributed by atoms with Gasteiger partial charge in [0, 0.05) is 25.9 Å². The Morgan fingerprint density at radius 2 is 1.67 bits per heavy atom. The Morgan fingerprint density at radius 1 is 1.19 bits per heavy atom. The van der Waals surface area contributed by atoms with Crippen LogP contribution in [0.25, 0.3) is 0 Å². The average molecular weight is 352 g/mol. The summed E-state index contributed by atoms with van der Waals surface area (Å²) in [6.07, 6.45) is 2.38. The molecule has 124 valence electrons. The van der Waals surface area contributed by atoms with E-state index < -0.39 is 18.1 Å². The molecule has 1 rings (SSSR count). The molecule has 0 aliphatic carbocycles. The summed E-state index contributed by atoms with van der Waals surface area (Å²) in [6.45, 7) is 12.4. The maximum absolute atomic E-state index is 7.70. The summed E-state index contributed by atoms with van der Waals surface area (Å²) in [6, 6.07) is 3.04. The van der Waals surface area contributed by atoms with E-state index in [2.05, 4.69) is 23.7 Å². The second kappa shape index (κ2) is 6.87. The predicted octanol–water partition coefficient (Wildman–Crippen LogP) is 4.37. The van der Waals surface area contributed by atoms with Gasteiger partial charge in [-0.15, -0.1) is 0 Å². The molecule has 1 heterocycles. The number of alkyl halides is 2. The first-order valence-electron chi connectivity index (χ1n) is 7.84. The highest BCUT2D eigenvalue weighted by Gasteiger charge is 2.44. The summed E-state index contributed by atoms with van der Waals surface area (Å²) in [5.41, 5.74) is 0.555. The minimum atomic E-state index is -0.954. The highest BCUT2D eigenvalue weighted by Crippen LogP contribution is 2.35. The molecule has 0 radical (unpaired) electrons. The number of hydrogen-bond acceptors (Lipinski definition) is 3. The van der Waals surface area contributed by atoms with Crippen molar-refractivity contribution >= 4 is 37.0 Å². The quantitative estimate of drug-likeness (QED) is 0.288. The van der Waals surface area contributed by atoms with Gasteiger partial charge in [-0.1, -0.05) is 48.4 Å². The Labute approximate surface area is 141 Å². The van der Waals surface area contributed by atoms with Crippen LogP contribution in [0.1, 0.15) is 40.5 Å². The van der Waals surface area contributed by atoms with Gasteiger partial charge < -0.3 is 5.41 Å². The summed E-state index contributed by atoms with van der Waals surface area (Å²) in [5, 5.41) is 14.5. The zero-order chi connectivity index (χ0) is 16.5. The van der Waals surface area contributed by atoms with E-state index in [0.29, 0.717) is 11.8 Å². The molecular formula is C15H31Cl2N3Si. The van der Waals surface area contributed by atoms with Gasteiger partial charge in [0.2, 0.25) is 0 Å². The molecule has 1 saturated heterocycles. The summed E-state index contributed by atoms with van der Waals surface area (Å²) in [7, 11) is -0.954. The van der Waals surface area contributed by atoms with E-state index in [-0.39, 0.29) is 6.04 Å². The summed E-state index contributed by atoms with van der Waals surface area (Å²) < 4.78 is 0. The van der Waals surface area contributed by atoms with Crippen LogP contribution in [0.2, 0.25) is 25.2 Å². The molecule has 0 bridgehead atoms. The average Bonchev–Trinajstić information content (AvgIpc) is 2.31. The molecule has 0 aromatic rings. The monoisotopic (exact) mass is 351 g/mol. The third-order valence-electron chi connectivity index (χ3n) is 4.83. The molecule has 6 heteroatoms. The van der Waals surface area contributed by atoms with Gasteiger partial charge in [0.05, 0.1) is 0 Å². The molecule has 3 N–H and O–H groups in total. The zero-order valence-electron chi connectivity index (χ0n) is 14.2. The van der Waals surface area contributed by atoms with Gasteiger partial charge >= 0.3 is 0 Å². The molecule has 21 heavy (non-hydrogen) atoms. The maximum Gasteiger partial charge on any atom is 0.123 e. The van der Waals surface area contributed by atoms with E-state index in [0.717, 1.165) is 0 Å². The number of rotatable bonds is 6. The third kappa shape index (κ3) is 5.50. The normalized spacial score (nSPS) is 26.7. The van der Waals surface area contributed by atoms with Gasteiger partial charge in [-0.3, -0.25) is 10.6 Å². The molecule has 1 aliphatic rings. The van der Waals surface area contributed by atoms with Crippen molar-refractivity contribution in [3.8, 4) is 0 Å². The van der Waals surface area contributed by atoms with Crippen molar-refractivity contribution in [2.24, 2.45) is 0 Å². The summed E-state index contributed by atoms with van der Waals surface area (Å²) >= 11 is 13.4. The van der Waals surface area contributed by atoms with Crippen LogP contribution in [-0.4, -0.2) is 35.9 Å². The van der Waals surface area contributed by atoms with Crippen LogP contribution in [0.15, 0.2) is 0 Å². The van der Waals surface area contributed by atoms with Crippen LogP contribution < -0.4 is 10.6 Å². The molecule has 1 aliphatic heterocycles.